The molecule has 0 spiro atoms. The van der Waals surface area contributed by atoms with E-state index < -0.39 is 12.1 Å². The summed E-state index contributed by atoms with van der Waals surface area (Å²) in [4.78, 5) is 8.78. The number of quaternary nitrogens is 1. The molecule has 0 heterocycles. The fourth-order valence-corrected chi connectivity index (χ4v) is 1.49. The molecule has 0 atom stereocenters. The summed E-state index contributed by atoms with van der Waals surface area (Å²) in [7, 11) is 0. The summed E-state index contributed by atoms with van der Waals surface area (Å²) in [6.07, 6.45) is -4.20. The number of thiocarbonyl (C=S) groups is 1. The van der Waals surface area contributed by atoms with Crippen LogP contribution in [0.3, 0.4) is 0 Å². The number of alkyl halides is 3. The molecule has 0 saturated carbocycles. The van der Waals surface area contributed by atoms with E-state index >= 15 is 0 Å². The lowest BCUT2D eigenvalue weighted by Gasteiger charge is -2.03. The van der Waals surface area contributed by atoms with E-state index in [1.54, 1.807) is 11.8 Å². The van der Waals surface area contributed by atoms with Crippen LogP contribution in [0.15, 0.2) is 0 Å². The van der Waals surface area contributed by atoms with Gasteiger partial charge in [0, 0.05) is 6.42 Å². The molecule has 0 aliphatic heterocycles. The summed E-state index contributed by atoms with van der Waals surface area (Å²) >= 11 is 6.72. The number of carbonyl (C=O) groups is 1. The molecule has 0 radical (unpaired) electrons. The summed E-state index contributed by atoms with van der Waals surface area (Å²) in [5.41, 5.74) is 3.71. The SMILES string of the molecule is CCSC(=S)CC[NH3+].O=C([O-])C(F)(F)F. The molecule has 0 aromatic heterocycles. The van der Waals surface area contributed by atoms with Gasteiger partial charge in [-0.2, -0.15) is 13.2 Å². The van der Waals surface area contributed by atoms with E-state index in [0.717, 1.165) is 22.9 Å². The van der Waals surface area contributed by atoms with Gasteiger partial charge in [0.2, 0.25) is 0 Å². The molecule has 0 bridgehead atoms. The van der Waals surface area contributed by atoms with Gasteiger partial charge in [-0.1, -0.05) is 19.1 Å². The predicted molar refractivity (Wildman–Crippen MR) is 54.2 cm³/mol. The van der Waals surface area contributed by atoms with Gasteiger partial charge < -0.3 is 15.6 Å². The van der Waals surface area contributed by atoms with Crippen LogP contribution in [0, 0.1) is 0 Å². The molecule has 8 heteroatoms. The first-order valence-electron chi connectivity index (χ1n) is 3.98. The van der Waals surface area contributed by atoms with Crippen LogP contribution in [-0.2, 0) is 4.79 Å². The third-order valence-electron chi connectivity index (χ3n) is 0.918. The van der Waals surface area contributed by atoms with Gasteiger partial charge in [-0.05, 0) is 5.75 Å². The second-order valence-electron chi connectivity index (χ2n) is 2.19. The minimum Gasteiger partial charge on any atom is -0.542 e. The zero-order valence-corrected chi connectivity index (χ0v) is 9.73. The quantitative estimate of drug-likeness (QED) is 0.728. The number of halogens is 3. The molecule has 0 aromatic rings. The normalized spacial score (nSPS) is 10.2. The van der Waals surface area contributed by atoms with Crippen molar-refractivity contribution in [2.45, 2.75) is 19.5 Å². The third kappa shape index (κ3) is 13.7. The topological polar surface area (TPSA) is 67.8 Å². The van der Waals surface area contributed by atoms with Crippen molar-refractivity contribution in [2.75, 3.05) is 12.3 Å². The number of carboxylic acid groups (broad SMARTS) is 1. The van der Waals surface area contributed by atoms with Gasteiger partial charge >= 0.3 is 6.18 Å². The summed E-state index contributed by atoms with van der Waals surface area (Å²) < 4.78 is 32.6. The van der Waals surface area contributed by atoms with Gasteiger partial charge in [0.1, 0.15) is 5.97 Å². The zero-order chi connectivity index (χ0) is 12.5. The number of carbonyl (C=O) groups excluding carboxylic acids is 1. The van der Waals surface area contributed by atoms with Gasteiger partial charge in [0.15, 0.2) is 0 Å². The third-order valence-corrected chi connectivity index (χ3v) is 2.29. The van der Waals surface area contributed by atoms with Crippen molar-refractivity contribution in [2.24, 2.45) is 0 Å². The fraction of sp³-hybridized carbons (Fsp3) is 0.714. The minimum absolute atomic E-state index is 0.936. The van der Waals surface area contributed by atoms with Crippen LogP contribution in [0.2, 0.25) is 0 Å². The summed E-state index contributed by atoms with van der Waals surface area (Å²) in [5.74, 6) is -1.91. The maximum absolute atomic E-state index is 10.5. The minimum atomic E-state index is -5.19. The van der Waals surface area contributed by atoms with Crippen LogP contribution in [0.25, 0.3) is 0 Å². The van der Waals surface area contributed by atoms with Crippen molar-refractivity contribution in [3.63, 3.8) is 0 Å². The summed E-state index contributed by atoms with van der Waals surface area (Å²) in [6.45, 7) is 3.05. The smallest absolute Gasteiger partial charge is 0.430 e. The van der Waals surface area contributed by atoms with Crippen molar-refractivity contribution < 1.29 is 28.8 Å². The van der Waals surface area contributed by atoms with E-state index in [4.69, 9.17) is 22.1 Å². The van der Waals surface area contributed by atoms with Gasteiger partial charge in [0.25, 0.3) is 0 Å². The van der Waals surface area contributed by atoms with Crippen LogP contribution in [0.1, 0.15) is 13.3 Å². The molecule has 0 aliphatic carbocycles. The van der Waals surface area contributed by atoms with Crippen molar-refractivity contribution in [1.82, 2.24) is 0 Å². The first-order valence-corrected chi connectivity index (χ1v) is 5.38. The van der Waals surface area contributed by atoms with Crippen LogP contribution in [0.5, 0.6) is 0 Å². The highest BCUT2D eigenvalue weighted by molar-refractivity contribution is 8.23. The van der Waals surface area contributed by atoms with Crippen molar-refractivity contribution in [3.8, 4) is 0 Å². The lowest BCUT2D eigenvalue weighted by atomic mass is 10.5. The fourth-order valence-electron chi connectivity index (χ4n) is 0.377. The van der Waals surface area contributed by atoms with Crippen LogP contribution in [0.4, 0.5) is 13.2 Å². The number of aliphatic carboxylic acids is 1. The number of carboxylic acids is 1. The van der Waals surface area contributed by atoms with E-state index in [1.807, 2.05) is 0 Å². The van der Waals surface area contributed by atoms with Crippen LogP contribution >= 0.6 is 24.0 Å². The number of hydrogen-bond acceptors (Lipinski definition) is 4. The Bertz CT molecular complexity index is 201. The molecule has 0 rings (SSSR count). The van der Waals surface area contributed by atoms with Crippen LogP contribution < -0.4 is 10.8 Å². The Morgan fingerprint density at radius 1 is 1.53 bits per heavy atom. The summed E-state index contributed by atoms with van der Waals surface area (Å²) in [6, 6.07) is 0. The van der Waals surface area contributed by atoms with E-state index in [-0.39, 0.29) is 0 Å². The first-order chi connectivity index (χ1) is 6.75. The molecule has 3 N–H and O–H groups in total. The van der Waals surface area contributed by atoms with Gasteiger partial charge in [-0.15, -0.1) is 11.8 Å². The number of rotatable bonds is 3. The number of hydrogen-bond donors (Lipinski definition) is 1. The molecule has 0 saturated heterocycles. The Morgan fingerprint density at radius 2 is 1.93 bits per heavy atom. The Hall–Kier alpha value is -0.340. The largest absolute Gasteiger partial charge is 0.542 e. The van der Waals surface area contributed by atoms with Gasteiger partial charge in [-0.25, -0.2) is 0 Å². The summed E-state index contributed by atoms with van der Waals surface area (Å²) in [5, 5.41) is 8.78. The lowest BCUT2D eigenvalue weighted by molar-refractivity contribution is -0.364. The predicted octanol–water partition coefficient (Wildman–Crippen LogP) is -0.00250. The maximum Gasteiger partial charge on any atom is 0.430 e. The second kappa shape index (κ2) is 8.93. The maximum atomic E-state index is 10.5. The molecule has 0 aromatic carbocycles. The Balaban J connectivity index is 0. The highest BCUT2D eigenvalue weighted by atomic mass is 32.2. The van der Waals surface area contributed by atoms with E-state index in [2.05, 4.69) is 12.7 Å². The average molecular weight is 263 g/mol. The zero-order valence-electron chi connectivity index (χ0n) is 8.10. The van der Waals surface area contributed by atoms with Crippen molar-refractivity contribution >= 4 is 34.1 Å². The monoisotopic (exact) mass is 263 g/mol. The molecule has 0 amide bonds. The standard InChI is InChI=1S/C5H11NS2.C2HF3O2/c1-2-8-5(7)3-4-6;3-2(4,5)1(6)7/h2-4,6H2,1H3;(H,6,7). The molecule has 0 unspecified atom stereocenters. The molecule has 0 aliphatic rings. The Labute approximate surface area is 95.2 Å². The highest BCUT2D eigenvalue weighted by Crippen LogP contribution is 2.11. The van der Waals surface area contributed by atoms with E-state index in [0.29, 0.717) is 0 Å². The van der Waals surface area contributed by atoms with E-state index in [1.165, 1.54) is 0 Å². The first kappa shape index (κ1) is 17.1. The second-order valence-corrected chi connectivity index (χ2v) is 4.30. The van der Waals surface area contributed by atoms with Crippen molar-refractivity contribution in [3.05, 3.63) is 0 Å². The highest BCUT2D eigenvalue weighted by Gasteiger charge is 2.28. The van der Waals surface area contributed by atoms with Gasteiger partial charge in [0.05, 0.1) is 10.7 Å². The molecule has 0 fully saturated rings. The lowest BCUT2D eigenvalue weighted by Crippen LogP contribution is -2.50. The van der Waals surface area contributed by atoms with E-state index in [9.17, 15) is 13.2 Å². The van der Waals surface area contributed by atoms with Crippen LogP contribution in [-0.4, -0.2) is 28.6 Å². The molecule has 3 nitrogen and oxygen atoms in total. The van der Waals surface area contributed by atoms with Gasteiger partial charge in [-0.3, -0.25) is 0 Å². The van der Waals surface area contributed by atoms with Crippen molar-refractivity contribution in [1.29, 1.82) is 0 Å². The number of thioether (sulfide) groups is 1. The molecule has 90 valence electrons. The Morgan fingerprint density at radius 3 is 2.13 bits per heavy atom. The molecular formula is C7H12F3NO2S2. The average Bonchev–Trinajstić information content (AvgIpc) is 2.04. The Kier molecular flexibility index (Phi) is 10.2. The molecule has 15 heavy (non-hydrogen) atoms. The molecular weight excluding hydrogens is 251 g/mol.